The molecule has 1 aromatic heterocycles. The van der Waals surface area contributed by atoms with Gasteiger partial charge in [-0.05, 0) is 30.5 Å². The van der Waals surface area contributed by atoms with Gasteiger partial charge in [-0.25, -0.2) is 9.47 Å². The lowest BCUT2D eigenvalue weighted by Gasteiger charge is -2.28. The maximum absolute atomic E-state index is 11.4. The molecular weight excluding hydrogens is 372 g/mol. The van der Waals surface area contributed by atoms with Gasteiger partial charge in [0.15, 0.2) is 0 Å². The fourth-order valence-corrected chi connectivity index (χ4v) is 3.24. The highest BCUT2D eigenvalue weighted by molar-refractivity contribution is 9.10. The minimum Gasteiger partial charge on any atom is -0.353 e. The van der Waals surface area contributed by atoms with Gasteiger partial charge in [0.1, 0.15) is 12.7 Å². The number of unbranched alkanes of at least 4 members (excludes halogenated alkanes) is 1. The molecule has 1 atom stereocenters. The third-order valence-corrected chi connectivity index (χ3v) is 4.67. The average Bonchev–Trinajstić information content (AvgIpc) is 2.88. The molecule has 8 heteroatoms. The fourth-order valence-electron chi connectivity index (χ4n) is 2.98. The van der Waals surface area contributed by atoms with E-state index in [0.29, 0.717) is 19.6 Å². The van der Waals surface area contributed by atoms with Gasteiger partial charge >= 0.3 is 5.95 Å². The van der Waals surface area contributed by atoms with Gasteiger partial charge in [0, 0.05) is 27.6 Å². The van der Waals surface area contributed by atoms with Crippen LogP contribution in [-0.4, -0.2) is 23.2 Å². The minimum absolute atomic E-state index is 0.425. The van der Waals surface area contributed by atoms with Crippen LogP contribution in [0.2, 0.25) is 0 Å². The van der Waals surface area contributed by atoms with Crippen LogP contribution in [0, 0.1) is 0 Å². The van der Waals surface area contributed by atoms with Crippen molar-refractivity contribution in [3.05, 3.63) is 63.2 Å². The molecule has 1 N–H and O–H groups in total. The summed E-state index contributed by atoms with van der Waals surface area (Å²) in [5.74, 6) is 0.742. The highest BCUT2D eigenvalue weighted by Crippen LogP contribution is 2.34. The average molecular weight is 390 g/mol. The Labute approximate surface area is 148 Å². The van der Waals surface area contributed by atoms with Crippen LogP contribution in [0.5, 0.6) is 0 Å². The van der Waals surface area contributed by atoms with Gasteiger partial charge in [0.05, 0.1) is 12.7 Å². The summed E-state index contributed by atoms with van der Waals surface area (Å²) in [5.41, 5.74) is 8.04. The lowest BCUT2D eigenvalue weighted by Crippen LogP contribution is -2.46. The first-order valence-corrected chi connectivity index (χ1v) is 8.56. The standard InChI is InChI=1S/C16H18BrN6O/c17-14-6-4-13(5-7-14)16(24)12-22-10-3-8-19-15(22)23(16)11-2-1-9-20-21-18/h3-8,10,24H,1-2,9,11-12H2/q+1. The Morgan fingerprint density at radius 3 is 2.92 bits per heavy atom. The summed E-state index contributed by atoms with van der Waals surface area (Å²) in [6, 6.07) is 9.55. The van der Waals surface area contributed by atoms with Gasteiger partial charge in [0.25, 0.3) is 0 Å². The van der Waals surface area contributed by atoms with E-state index in [2.05, 4.69) is 30.9 Å². The second kappa shape index (κ2) is 7.17. The fraction of sp³-hybridized carbons (Fsp3) is 0.375. The van der Waals surface area contributed by atoms with E-state index in [1.807, 2.05) is 46.0 Å². The highest BCUT2D eigenvalue weighted by Gasteiger charge is 2.50. The zero-order valence-corrected chi connectivity index (χ0v) is 14.7. The SMILES string of the molecule is [N-]=[N+]=NCCCCN1c2nccc[n+]2CC1(O)c1ccc(Br)cc1. The van der Waals surface area contributed by atoms with E-state index in [9.17, 15) is 5.11 Å². The Bertz CT molecular complexity index is 761. The number of anilines is 1. The summed E-state index contributed by atoms with van der Waals surface area (Å²) in [4.78, 5) is 9.12. The number of halogens is 1. The second-order valence-electron chi connectivity index (χ2n) is 5.68. The summed E-state index contributed by atoms with van der Waals surface area (Å²) in [6.45, 7) is 1.52. The van der Waals surface area contributed by atoms with Crippen molar-refractivity contribution >= 4 is 21.9 Å². The molecule has 0 amide bonds. The van der Waals surface area contributed by atoms with Crippen LogP contribution in [0.4, 0.5) is 5.95 Å². The quantitative estimate of drug-likeness (QED) is 0.270. The van der Waals surface area contributed by atoms with Gasteiger partial charge in [-0.1, -0.05) is 38.2 Å². The van der Waals surface area contributed by atoms with Gasteiger partial charge in [-0.2, -0.15) is 0 Å². The summed E-state index contributed by atoms with van der Waals surface area (Å²) in [6.07, 6.45) is 5.22. The molecule has 0 fully saturated rings. The smallest absolute Gasteiger partial charge is 0.353 e. The Hall–Kier alpha value is -2.15. The van der Waals surface area contributed by atoms with E-state index in [0.717, 1.165) is 28.8 Å². The monoisotopic (exact) mass is 389 g/mol. The molecule has 0 saturated carbocycles. The lowest BCUT2D eigenvalue weighted by atomic mass is 10.0. The number of benzene rings is 1. The molecule has 0 saturated heterocycles. The van der Waals surface area contributed by atoms with E-state index in [1.54, 1.807) is 6.20 Å². The number of fused-ring (bicyclic) bond motifs is 1. The number of rotatable bonds is 6. The van der Waals surface area contributed by atoms with Crippen molar-refractivity contribution in [2.24, 2.45) is 5.11 Å². The first kappa shape index (κ1) is 16.7. The number of nitrogens with zero attached hydrogens (tertiary/aromatic N) is 6. The Kier molecular flexibility index (Phi) is 4.99. The van der Waals surface area contributed by atoms with Crippen LogP contribution < -0.4 is 9.47 Å². The predicted octanol–water partition coefficient (Wildman–Crippen LogP) is 2.89. The van der Waals surface area contributed by atoms with E-state index < -0.39 is 5.72 Å². The van der Waals surface area contributed by atoms with Crippen molar-refractivity contribution in [1.29, 1.82) is 0 Å². The normalized spacial score (nSPS) is 19.0. The second-order valence-corrected chi connectivity index (χ2v) is 6.60. The van der Waals surface area contributed by atoms with Crippen LogP contribution >= 0.6 is 15.9 Å². The molecule has 0 spiro atoms. The molecule has 7 nitrogen and oxygen atoms in total. The van der Waals surface area contributed by atoms with E-state index >= 15 is 0 Å². The molecule has 1 aliphatic heterocycles. The maximum atomic E-state index is 11.4. The largest absolute Gasteiger partial charge is 0.396 e. The van der Waals surface area contributed by atoms with Gasteiger partial charge in [-0.15, -0.1) is 0 Å². The lowest BCUT2D eigenvalue weighted by molar-refractivity contribution is -0.685. The predicted molar refractivity (Wildman–Crippen MR) is 93.1 cm³/mol. The van der Waals surface area contributed by atoms with Gasteiger partial charge in [0.2, 0.25) is 5.72 Å². The molecule has 1 aromatic carbocycles. The molecule has 1 unspecified atom stereocenters. The zero-order chi connectivity index (χ0) is 17.0. The number of hydrogen-bond donors (Lipinski definition) is 1. The van der Waals surface area contributed by atoms with Crippen LogP contribution in [-0.2, 0) is 12.3 Å². The molecule has 3 rings (SSSR count). The summed E-state index contributed by atoms with van der Waals surface area (Å²) >= 11 is 3.43. The number of aromatic nitrogens is 2. The Morgan fingerprint density at radius 2 is 2.17 bits per heavy atom. The third-order valence-electron chi connectivity index (χ3n) is 4.14. The van der Waals surface area contributed by atoms with Crippen molar-refractivity contribution in [1.82, 2.24) is 4.98 Å². The van der Waals surface area contributed by atoms with Crippen molar-refractivity contribution in [2.45, 2.75) is 25.1 Å². The summed E-state index contributed by atoms with van der Waals surface area (Å²) in [5, 5.41) is 15.0. The van der Waals surface area contributed by atoms with Crippen molar-refractivity contribution in [3.63, 3.8) is 0 Å². The molecule has 0 radical (unpaired) electrons. The van der Waals surface area contributed by atoms with E-state index in [-0.39, 0.29) is 0 Å². The summed E-state index contributed by atoms with van der Waals surface area (Å²) < 4.78 is 2.92. The third kappa shape index (κ3) is 3.21. The topological polar surface area (TPSA) is 89.0 Å². The number of azide groups is 1. The number of aliphatic hydroxyl groups is 1. The first-order chi connectivity index (χ1) is 11.6. The van der Waals surface area contributed by atoms with Crippen molar-refractivity contribution in [2.75, 3.05) is 18.0 Å². The molecule has 1 aliphatic rings. The van der Waals surface area contributed by atoms with Gasteiger partial charge < -0.3 is 5.11 Å². The summed E-state index contributed by atoms with van der Waals surface area (Å²) in [7, 11) is 0. The molecule has 2 heterocycles. The van der Waals surface area contributed by atoms with Crippen molar-refractivity contribution < 1.29 is 9.67 Å². The first-order valence-electron chi connectivity index (χ1n) is 7.76. The maximum Gasteiger partial charge on any atom is 0.396 e. The van der Waals surface area contributed by atoms with E-state index in [4.69, 9.17) is 5.53 Å². The van der Waals surface area contributed by atoms with Crippen LogP contribution in [0.15, 0.2) is 52.3 Å². The molecular formula is C16H18BrN6O+. The Morgan fingerprint density at radius 1 is 1.38 bits per heavy atom. The molecule has 0 aliphatic carbocycles. The van der Waals surface area contributed by atoms with E-state index in [1.165, 1.54) is 0 Å². The van der Waals surface area contributed by atoms with Gasteiger partial charge in [-0.3, -0.25) is 0 Å². The highest BCUT2D eigenvalue weighted by atomic mass is 79.9. The Balaban J connectivity index is 1.86. The van der Waals surface area contributed by atoms with Crippen molar-refractivity contribution in [3.8, 4) is 0 Å². The zero-order valence-electron chi connectivity index (χ0n) is 13.1. The molecule has 2 aromatic rings. The molecule has 24 heavy (non-hydrogen) atoms. The number of hydrogen-bond acceptors (Lipinski definition) is 4. The van der Waals surface area contributed by atoms with Crippen LogP contribution in [0.1, 0.15) is 18.4 Å². The minimum atomic E-state index is -1.14. The molecule has 124 valence electrons. The molecule has 0 bridgehead atoms. The van der Waals surface area contributed by atoms with Crippen LogP contribution in [0.25, 0.3) is 10.4 Å². The van der Waals surface area contributed by atoms with Crippen LogP contribution in [0.3, 0.4) is 0 Å².